The van der Waals surface area contributed by atoms with Gasteiger partial charge in [-0.05, 0) is 29.9 Å². The Bertz CT molecular complexity index is 517. The summed E-state index contributed by atoms with van der Waals surface area (Å²) in [5.74, 6) is -0.248. The molecule has 0 saturated carbocycles. The molecule has 2 aromatic rings. The van der Waals surface area contributed by atoms with Crippen LogP contribution in [-0.2, 0) is 6.42 Å². The average Bonchev–Trinajstić information content (AvgIpc) is 2.65. The fourth-order valence-electron chi connectivity index (χ4n) is 1.40. The van der Waals surface area contributed by atoms with Crippen LogP contribution in [0.5, 0.6) is 0 Å². The molecule has 16 heavy (non-hydrogen) atoms. The SMILES string of the molecule is Fc1ccc(C(Cl)Cc2csc(=S)[nH]2)cc1. The van der Waals surface area contributed by atoms with E-state index in [1.54, 1.807) is 12.1 Å². The monoisotopic (exact) mass is 273 g/mol. The summed E-state index contributed by atoms with van der Waals surface area (Å²) < 4.78 is 13.5. The number of alkyl halides is 1. The predicted octanol–water partition coefficient (Wildman–Crippen LogP) is 4.47. The quantitative estimate of drug-likeness (QED) is 0.644. The zero-order chi connectivity index (χ0) is 11.5. The van der Waals surface area contributed by atoms with E-state index in [2.05, 4.69) is 4.98 Å². The number of hydrogen-bond acceptors (Lipinski definition) is 2. The smallest absolute Gasteiger partial charge is 0.158 e. The Hall–Kier alpha value is -0.710. The van der Waals surface area contributed by atoms with Gasteiger partial charge in [0.1, 0.15) is 5.82 Å². The van der Waals surface area contributed by atoms with E-state index < -0.39 is 0 Å². The first kappa shape index (κ1) is 11.8. The minimum atomic E-state index is -0.248. The summed E-state index contributed by atoms with van der Waals surface area (Å²) >= 11 is 12.7. The Morgan fingerprint density at radius 1 is 1.38 bits per heavy atom. The van der Waals surface area contributed by atoms with Gasteiger partial charge in [0.2, 0.25) is 0 Å². The summed E-state index contributed by atoms with van der Waals surface area (Å²) in [7, 11) is 0. The third kappa shape index (κ3) is 2.90. The van der Waals surface area contributed by atoms with Gasteiger partial charge in [-0.2, -0.15) is 0 Å². The molecule has 0 bridgehead atoms. The van der Waals surface area contributed by atoms with Crippen molar-refractivity contribution in [2.75, 3.05) is 0 Å². The molecule has 0 radical (unpaired) electrons. The van der Waals surface area contributed by atoms with Crippen molar-refractivity contribution in [1.82, 2.24) is 4.98 Å². The maximum absolute atomic E-state index is 12.7. The van der Waals surface area contributed by atoms with Crippen LogP contribution < -0.4 is 0 Å². The fourth-order valence-corrected chi connectivity index (χ4v) is 2.58. The van der Waals surface area contributed by atoms with E-state index in [9.17, 15) is 4.39 Å². The Balaban J connectivity index is 2.11. The molecule has 0 amide bonds. The number of halogens is 2. The molecule has 1 heterocycles. The van der Waals surface area contributed by atoms with Gasteiger partial charge in [0.05, 0.1) is 5.38 Å². The fraction of sp³-hybridized carbons (Fsp3) is 0.182. The van der Waals surface area contributed by atoms with Crippen molar-refractivity contribution < 1.29 is 4.39 Å². The van der Waals surface area contributed by atoms with Crippen LogP contribution in [0.15, 0.2) is 29.6 Å². The summed E-state index contributed by atoms with van der Waals surface area (Å²) in [6, 6.07) is 6.24. The number of nitrogens with one attached hydrogen (secondary N) is 1. The highest BCUT2D eigenvalue weighted by Crippen LogP contribution is 2.25. The van der Waals surface area contributed by atoms with Crippen LogP contribution in [0.25, 0.3) is 0 Å². The molecular weight excluding hydrogens is 265 g/mol. The highest BCUT2D eigenvalue weighted by Gasteiger charge is 2.09. The van der Waals surface area contributed by atoms with Gasteiger partial charge in [-0.25, -0.2) is 4.39 Å². The molecule has 84 valence electrons. The minimum Gasteiger partial charge on any atom is -0.341 e. The van der Waals surface area contributed by atoms with Crippen LogP contribution in [0.3, 0.4) is 0 Å². The second-order valence-electron chi connectivity index (χ2n) is 3.40. The van der Waals surface area contributed by atoms with E-state index in [1.165, 1.54) is 23.5 Å². The van der Waals surface area contributed by atoms with Crippen molar-refractivity contribution >= 4 is 35.2 Å². The van der Waals surface area contributed by atoms with E-state index in [4.69, 9.17) is 23.8 Å². The van der Waals surface area contributed by atoms with Gasteiger partial charge < -0.3 is 4.98 Å². The van der Waals surface area contributed by atoms with Gasteiger partial charge in [-0.15, -0.1) is 22.9 Å². The lowest BCUT2D eigenvalue weighted by molar-refractivity contribution is 0.626. The van der Waals surface area contributed by atoms with E-state index >= 15 is 0 Å². The van der Waals surface area contributed by atoms with Crippen molar-refractivity contribution in [2.24, 2.45) is 0 Å². The summed E-state index contributed by atoms with van der Waals surface area (Å²) in [6.07, 6.45) is 0.667. The normalized spacial score (nSPS) is 12.6. The lowest BCUT2D eigenvalue weighted by Crippen LogP contribution is -1.96. The molecule has 0 aliphatic rings. The molecule has 1 atom stereocenters. The maximum Gasteiger partial charge on any atom is 0.158 e. The summed E-state index contributed by atoms with van der Waals surface area (Å²) in [6.45, 7) is 0. The maximum atomic E-state index is 12.7. The second kappa shape index (κ2) is 5.08. The van der Waals surface area contributed by atoms with E-state index in [0.29, 0.717) is 6.42 Å². The van der Waals surface area contributed by atoms with Crippen LogP contribution >= 0.6 is 35.2 Å². The van der Waals surface area contributed by atoms with Crippen molar-refractivity contribution in [3.63, 3.8) is 0 Å². The number of H-pyrrole nitrogens is 1. The minimum absolute atomic E-state index is 0.166. The Morgan fingerprint density at radius 3 is 2.62 bits per heavy atom. The first-order chi connectivity index (χ1) is 7.65. The molecule has 0 saturated heterocycles. The van der Waals surface area contributed by atoms with Gasteiger partial charge in [-0.3, -0.25) is 0 Å². The van der Waals surface area contributed by atoms with Gasteiger partial charge in [0.25, 0.3) is 0 Å². The van der Waals surface area contributed by atoms with E-state index in [1.807, 2.05) is 5.38 Å². The topological polar surface area (TPSA) is 15.8 Å². The van der Waals surface area contributed by atoms with Crippen molar-refractivity contribution in [1.29, 1.82) is 0 Å². The highest BCUT2D eigenvalue weighted by atomic mass is 35.5. The van der Waals surface area contributed by atoms with E-state index in [-0.39, 0.29) is 11.2 Å². The lowest BCUT2D eigenvalue weighted by Gasteiger charge is -2.08. The molecule has 5 heteroatoms. The molecule has 1 N–H and O–H groups in total. The van der Waals surface area contributed by atoms with Crippen LogP contribution in [0.2, 0.25) is 0 Å². The van der Waals surface area contributed by atoms with Gasteiger partial charge in [0, 0.05) is 17.5 Å². The second-order valence-corrected chi connectivity index (χ2v) is 5.47. The zero-order valence-corrected chi connectivity index (χ0v) is 10.6. The van der Waals surface area contributed by atoms with Crippen molar-refractivity contribution in [3.8, 4) is 0 Å². The molecule has 0 fully saturated rings. The Kier molecular flexibility index (Phi) is 3.74. The zero-order valence-electron chi connectivity index (χ0n) is 8.24. The van der Waals surface area contributed by atoms with Crippen molar-refractivity contribution in [3.05, 3.63) is 50.7 Å². The van der Waals surface area contributed by atoms with Gasteiger partial charge in [0.15, 0.2) is 3.95 Å². The lowest BCUT2D eigenvalue weighted by atomic mass is 10.1. The molecule has 0 aliphatic carbocycles. The van der Waals surface area contributed by atoms with E-state index in [0.717, 1.165) is 15.2 Å². The van der Waals surface area contributed by atoms with Crippen LogP contribution in [0, 0.1) is 9.77 Å². The van der Waals surface area contributed by atoms with Crippen LogP contribution in [0.1, 0.15) is 16.6 Å². The highest BCUT2D eigenvalue weighted by molar-refractivity contribution is 7.73. The number of aromatic nitrogens is 1. The molecule has 1 unspecified atom stereocenters. The largest absolute Gasteiger partial charge is 0.341 e. The molecular formula is C11H9ClFNS2. The number of benzene rings is 1. The number of rotatable bonds is 3. The standard InChI is InChI=1S/C11H9ClFNS2/c12-10(5-9-6-16-11(15)14-9)7-1-3-8(13)4-2-7/h1-4,6,10H,5H2,(H,14,15). The van der Waals surface area contributed by atoms with Crippen molar-refractivity contribution in [2.45, 2.75) is 11.8 Å². The molecule has 1 aromatic heterocycles. The van der Waals surface area contributed by atoms with Gasteiger partial charge >= 0.3 is 0 Å². The third-order valence-corrected chi connectivity index (χ3v) is 3.72. The summed E-state index contributed by atoms with van der Waals surface area (Å²) in [5, 5.41) is 1.79. The van der Waals surface area contributed by atoms with Crippen LogP contribution in [-0.4, -0.2) is 4.98 Å². The molecule has 1 aromatic carbocycles. The number of thiazole rings is 1. The Morgan fingerprint density at radius 2 is 2.06 bits per heavy atom. The summed E-state index contributed by atoms with van der Waals surface area (Å²) in [5.41, 5.74) is 1.92. The van der Waals surface area contributed by atoms with Gasteiger partial charge in [-0.1, -0.05) is 12.1 Å². The first-order valence-electron chi connectivity index (χ1n) is 4.71. The first-order valence-corrected chi connectivity index (χ1v) is 6.44. The molecule has 2 rings (SSSR count). The molecule has 1 nitrogen and oxygen atoms in total. The third-order valence-electron chi connectivity index (χ3n) is 2.20. The predicted molar refractivity (Wildman–Crippen MR) is 68.2 cm³/mol. The average molecular weight is 274 g/mol. The summed E-state index contributed by atoms with van der Waals surface area (Å²) in [4.78, 5) is 3.06. The number of hydrogen-bond donors (Lipinski definition) is 1. The van der Waals surface area contributed by atoms with Crippen LogP contribution in [0.4, 0.5) is 4.39 Å². The Labute approximate surface area is 107 Å². The number of aromatic amines is 1. The molecule has 0 spiro atoms. The molecule has 0 aliphatic heterocycles.